The molecule has 0 unspecified atom stereocenters. The molecule has 402 valence electrons. The number of likely N-dealkylation sites (tertiary alicyclic amines) is 3. The number of benzene rings is 3. The second-order valence-corrected chi connectivity index (χ2v) is 20.4. The SMILES string of the molecule is C[C@H]1CN(C(=O)OCc2ccccc2)[C@@]1(CC(=O)O)C(=O)O.C[C@H]1CN(C(=O)OCc2ccccc2)[C@@]1(CC(=O)O)C(=O)O.C[C@H]1CN(C(=O)OCc2ccccc2)[C@@]1(CC(=O)OC(C)(C)C)C(=O)OC(C)(C)C.[Na+].[Na+]. The van der Waals surface area contributed by atoms with E-state index in [-0.39, 0.29) is 111 Å². The number of aliphatic carboxylic acids is 4. The first-order chi connectivity index (χ1) is 34.5. The van der Waals surface area contributed by atoms with Crippen molar-refractivity contribution < 1.29 is 146 Å². The molecule has 0 aromatic heterocycles. The number of carboxylic acids is 4. The van der Waals surface area contributed by atoms with Crippen LogP contribution in [0, 0.1) is 17.8 Å². The molecule has 3 aliphatic rings. The molecule has 4 N–H and O–H groups in total. The number of carboxylic acid groups (broad SMARTS) is 4. The van der Waals surface area contributed by atoms with Crippen LogP contribution >= 0.6 is 0 Å². The quantitative estimate of drug-likeness (QED) is 0.0946. The van der Waals surface area contributed by atoms with Gasteiger partial charge in [-0.15, -0.1) is 0 Å². The van der Waals surface area contributed by atoms with E-state index in [0.29, 0.717) is 0 Å². The van der Waals surface area contributed by atoms with Crippen molar-refractivity contribution in [3.8, 4) is 0 Å². The molecule has 3 aromatic rings. The Balaban J connectivity index is 0.000000392. The van der Waals surface area contributed by atoms with E-state index in [1.165, 1.54) is 4.90 Å². The van der Waals surface area contributed by atoms with Crippen LogP contribution in [-0.2, 0) is 72.3 Å². The fraction of sp³-hybridized carbons (Fsp3) is 0.491. The Morgan fingerprint density at radius 2 is 0.737 bits per heavy atom. The smallest absolute Gasteiger partial charge is 0.481 e. The summed E-state index contributed by atoms with van der Waals surface area (Å²) < 4.78 is 26.6. The molecule has 3 saturated heterocycles. The Bertz CT molecular complexity index is 2400. The van der Waals surface area contributed by atoms with Crippen LogP contribution in [-0.4, -0.2) is 137 Å². The number of carbonyl (C=O) groups excluding carboxylic acids is 5. The van der Waals surface area contributed by atoms with Crippen LogP contribution in [0.4, 0.5) is 14.4 Å². The minimum Gasteiger partial charge on any atom is -0.481 e. The summed E-state index contributed by atoms with van der Waals surface area (Å²) in [5.41, 5.74) is -4.05. The van der Waals surface area contributed by atoms with Gasteiger partial charge in [-0.2, -0.15) is 0 Å². The third-order valence-electron chi connectivity index (χ3n) is 12.7. The van der Waals surface area contributed by atoms with Crippen LogP contribution in [0.25, 0.3) is 0 Å². The monoisotopic (exact) mass is 1080 g/mol. The maximum Gasteiger partial charge on any atom is 1.00 e. The minimum atomic E-state index is -1.74. The summed E-state index contributed by atoms with van der Waals surface area (Å²) >= 11 is 0. The normalized spacial score (nSPS) is 22.1. The Kier molecular flexibility index (Phi) is 24.5. The topological polar surface area (TPSA) is 290 Å². The molecule has 6 rings (SSSR count). The number of rotatable bonds is 15. The zero-order valence-electron chi connectivity index (χ0n) is 45.1. The number of esters is 2. The number of nitrogens with zero attached hydrogens (tertiary/aromatic N) is 3. The van der Waals surface area contributed by atoms with Crippen molar-refractivity contribution >= 4 is 54.1 Å². The summed E-state index contributed by atoms with van der Waals surface area (Å²) in [5.74, 6) is -7.59. The third kappa shape index (κ3) is 16.6. The summed E-state index contributed by atoms with van der Waals surface area (Å²) in [7, 11) is 0. The predicted octanol–water partition coefficient (Wildman–Crippen LogP) is 1.24. The Morgan fingerprint density at radius 1 is 0.461 bits per heavy atom. The minimum absolute atomic E-state index is 0. The first kappa shape index (κ1) is 66.4. The summed E-state index contributed by atoms with van der Waals surface area (Å²) in [5, 5.41) is 36.7. The van der Waals surface area contributed by atoms with E-state index < -0.39 is 107 Å². The summed E-state index contributed by atoms with van der Waals surface area (Å²) in [6.45, 7) is 16.2. The van der Waals surface area contributed by atoms with Crippen LogP contribution in [0.2, 0.25) is 0 Å². The van der Waals surface area contributed by atoms with Crippen molar-refractivity contribution in [2.75, 3.05) is 19.6 Å². The average Bonchev–Trinajstić information content (AvgIpc) is 3.31. The van der Waals surface area contributed by atoms with Crippen molar-refractivity contribution in [2.24, 2.45) is 17.8 Å². The molecule has 21 nitrogen and oxygen atoms in total. The van der Waals surface area contributed by atoms with Gasteiger partial charge in [0.25, 0.3) is 0 Å². The van der Waals surface area contributed by atoms with E-state index >= 15 is 0 Å². The van der Waals surface area contributed by atoms with Crippen molar-refractivity contribution in [2.45, 2.75) is 129 Å². The molecule has 76 heavy (non-hydrogen) atoms. The summed E-state index contributed by atoms with van der Waals surface area (Å²) in [4.78, 5) is 111. The van der Waals surface area contributed by atoms with Gasteiger partial charge in [0.2, 0.25) is 0 Å². The van der Waals surface area contributed by atoms with Gasteiger partial charge in [-0.3, -0.25) is 29.1 Å². The molecule has 0 saturated carbocycles. The second-order valence-electron chi connectivity index (χ2n) is 20.4. The zero-order chi connectivity index (χ0) is 55.4. The van der Waals surface area contributed by atoms with Gasteiger partial charge in [-0.05, 0) is 58.2 Å². The van der Waals surface area contributed by atoms with Crippen molar-refractivity contribution in [1.82, 2.24) is 14.7 Å². The molecular weight excluding hydrogens is 1010 g/mol. The first-order valence-corrected chi connectivity index (χ1v) is 23.8. The number of amides is 3. The van der Waals surface area contributed by atoms with E-state index in [4.69, 9.17) is 33.9 Å². The van der Waals surface area contributed by atoms with Gasteiger partial charge in [0.05, 0.1) is 19.3 Å². The van der Waals surface area contributed by atoms with E-state index in [2.05, 4.69) is 0 Å². The van der Waals surface area contributed by atoms with E-state index in [9.17, 15) is 53.4 Å². The van der Waals surface area contributed by atoms with Gasteiger partial charge >= 0.3 is 113 Å². The van der Waals surface area contributed by atoms with Crippen LogP contribution in [0.3, 0.4) is 0 Å². The number of ether oxygens (including phenoxy) is 5. The molecule has 3 aromatic carbocycles. The van der Waals surface area contributed by atoms with Crippen LogP contribution < -0.4 is 59.1 Å². The van der Waals surface area contributed by atoms with Crippen molar-refractivity contribution in [3.63, 3.8) is 0 Å². The van der Waals surface area contributed by atoms with Gasteiger partial charge in [0.15, 0.2) is 16.6 Å². The Hall–Kier alpha value is -5.71. The molecule has 3 aliphatic heterocycles. The van der Waals surface area contributed by atoms with Crippen molar-refractivity contribution in [3.05, 3.63) is 108 Å². The van der Waals surface area contributed by atoms with Crippen LogP contribution in [0.5, 0.6) is 0 Å². The molecule has 0 aliphatic carbocycles. The molecule has 6 atom stereocenters. The second kappa shape index (κ2) is 28.1. The molecule has 0 spiro atoms. The molecule has 3 heterocycles. The van der Waals surface area contributed by atoms with E-state index in [0.717, 1.165) is 26.5 Å². The first-order valence-electron chi connectivity index (χ1n) is 23.8. The molecule has 3 fully saturated rings. The predicted molar refractivity (Wildman–Crippen MR) is 262 cm³/mol. The fourth-order valence-corrected chi connectivity index (χ4v) is 8.75. The Morgan fingerprint density at radius 3 is 0.974 bits per heavy atom. The van der Waals surface area contributed by atoms with Crippen molar-refractivity contribution in [1.29, 1.82) is 0 Å². The molecule has 0 bridgehead atoms. The van der Waals surface area contributed by atoms with E-state index in [1.54, 1.807) is 104 Å². The average molecular weight is 1080 g/mol. The molecule has 0 radical (unpaired) electrons. The standard InChI is InChI=1S/C23H33NO6.2C15H17NO6.2Na/c1-16-14-24(20(27)28-15-17-11-9-8-10-12-17)23(16,19(26)30-22(5,6)7)13-18(25)29-21(2,3)4;2*1-10-8-16(15(10,13(19)20)7-12(17)18)14(21)22-9-11-5-3-2-4-6-11;;/h8-12,16H,13-15H2,1-7H3;2*2-6,10H,7-9H2,1H3,(H,17,18)(H,19,20);;/q;;;2*+1/t16-,23+;2*10-,15+;;/m000../s1. The Labute approximate surface area is 486 Å². The van der Waals surface area contributed by atoms with Gasteiger partial charge in [0.1, 0.15) is 31.0 Å². The largest absolute Gasteiger partial charge is 1.00 e. The van der Waals surface area contributed by atoms with Gasteiger partial charge < -0.3 is 44.1 Å². The summed E-state index contributed by atoms with van der Waals surface area (Å²) in [6.07, 6.45) is -3.88. The van der Waals surface area contributed by atoms with E-state index in [1.807, 2.05) is 49.4 Å². The van der Waals surface area contributed by atoms with Crippen LogP contribution in [0.15, 0.2) is 91.0 Å². The maximum atomic E-state index is 13.2. The number of hydrogen-bond acceptors (Lipinski definition) is 14. The zero-order valence-corrected chi connectivity index (χ0v) is 49.1. The third-order valence-corrected chi connectivity index (χ3v) is 12.7. The maximum absolute atomic E-state index is 13.2. The summed E-state index contributed by atoms with van der Waals surface area (Å²) in [6, 6.07) is 27.2. The fourth-order valence-electron chi connectivity index (χ4n) is 8.75. The van der Waals surface area contributed by atoms with Gasteiger partial charge in [0, 0.05) is 37.4 Å². The number of carbonyl (C=O) groups is 9. The number of hydrogen-bond donors (Lipinski definition) is 4. The molecule has 3 amide bonds. The molecular formula is C53H67N3Na2O18+2. The van der Waals surface area contributed by atoms with Crippen LogP contribution in [0.1, 0.15) is 98.3 Å². The molecule has 23 heteroatoms. The van der Waals surface area contributed by atoms with Gasteiger partial charge in [-0.1, -0.05) is 112 Å². The van der Waals surface area contributed by atoms with Gasteiger partial charge in [-0.25, -0.2) is 28.8 Å².